The Morgan fingerprint density at radius 3 is 3.05 bits per heavy atom. The fourth-order valence-electron chi connectivity index (χ4n) is 2.64. The number of hydrogen-bond donors (Lipinski definition) is 0. The third kappa shape index (κ3) is 3.37. The van der Waals surface area contributed by atoms with E-state index in [0.29, 0.717) is 17.0 Å². The van der Waals surface area contributed by atoms with Gasteiger partial charge in [0.1, 0.15) is 5.82 Å². The van der Waals surface area contributed by atoms with Crippen LogP contribution in [0.2, 0.25) is 0 Å². The molecule has 0 aromatic carbocycles. The molecule has 0 aliphatic carbocycles. The first-order chi connectivity index (χ1) is 10.3. The Kier molecular flexibility index (Phi) is 4.43. The van der Waals surface area contributed by atoms with Crippen molar-refractivity contribution < 1.29 is 4.52 Å². The highest BCUT2D eigenvalue weighted by Gasteiger charge is 2.19. The molecule has 0 saturated carbocycles. The number of pyridine rings is 1. The average Bonchev–Trinajstić information content (AvgIpc) is 2.81. The number of nitrogens with zero attached hydrogens (tertiary/aromatic N) is 4. The second-order valence-electron chi connectivity index (χ2n) is 5.35. The molecule has 3 heterocycles. The second-order valence-corrected chi connectivity index (χ2v) is 6.49. The Labute approximate surface area is 129 Å². The number of aryl methyl sites for hydroxylation is 1. The molecule has 1 atom stereocenters. The van der Waals surface area contributed by atoms with Crippen molar-refractivity contribution in [1.29, 1.82) is 0 Å². The van der Waals surface area contributed by atoms with E-state index in [2.05, 4.69) is 32.3 Å². The van der Waals surface area contributed by atoms with E-state index in [4.69, 9.17) is 4.52 Å². The second kappa shape index (κ2) is 6.47. The first-order valence-corrected chi connectivity index (χ1v) is 8.59. The Balaban J connectivity index is 1.84. The quantitative estimate of drug-likeness (QED) is 0.868. The molecule has 3 rings (SSSR count). The summed E-state index contributed by atoms with van der Waals surface area (Å²) in [5.41, 5.74) is 0.936. The van der Waals surface area contributed by atoms with Crippen molar-refractivity contribution >= 4 is 17.6 Å². The van der Waals surface area contributed by atoms with Gasteiger partial charge in [0.15, 0.2) is 5.82 Å². The highest BCUT2D eigenvalue weighted by Crippen LogP contribution is 2.26. The van der Waals surface area contributed by atoms with Crippen LogP contribution in [-0.4, -0.2) is 39.7 Å². The summed E-state index contributed by atoms with van der Waals surface area (Å²) in [4.78, 5) is 11.2. The molecule has 0 radical (unpaired) electrons. The summed E-state index contributed by atoms with van der Waals surface area (Å²) >= 11 is 1.95. The molecule has 0 N–H and O–H groups in total. The van der Waals surface area contributed by atoms with Crippen LogP contribution in [0.15, 0.2) is 22.9 Å². The van der Waals surface area contributed by atoms with E-state index in [9.17, 15) is 0 Å². The molecule has 1 aliphatic heterocycles. The fraction of sp³-hybridized carbons (Fsp3) is 0.533. The zero-order chi connectivity index (χ0) is 14.7. The van der Waals surface area contributed by atoms with Gasteiger partial charge in [0.05, 0.1) is 0 Å². The summed E-state index contributed by atoms with van der Waals surface area (Å²) in [6.45, 7) is 3.95. The lowest BCUT2D eigenvalue weighted by Crippen LogP contribution is -2.30. The van der Waals surface area contributed by atoms with Crippen molar-refractivity contribution in [1.82, 2.24) is 15.1 Å². The zero-order valence-electron chi connectivity index (χ0n) is 12.5. The van der Waals surface area contributed by atoms with Crippen LogP contribution in [0.4, 0.5) is 5.82 Å². The normalized spacial score (nSPS) is 19.5. The summed E-state index contributed by atoms with van der Waals surface area (Å²) in [7, 11) is 0. The molecule has 6 heteroatoms. The topological polar surface area (TPSA) is 55.1 Å². The minimum absolute atomic E-state index is 0.562. The summed E-state index contributed by atoms with van der Waals surface area (Å²) in [5, 5.41) is 4.54. The molecule has 1 unspecified atom stereocenters. The van der Waals surface area contributed by atoms with Crippen LogP contribution in [0.1, 0.15) is 25.1 Å². The van der Waals surface area contributed by atoms with Gasteiger partial charge in [0.25, 0.3) is 5.89 Å². The summed E-state index contributed by atoms with van der Waals surface area (Å²) in [5.74, 6) is 2.22. The van der Waals surface area contributed by atoms with Gasteiger partial charge in [0.2, 0.25) is 0 Å². The highest BCUT2D eigenvalue weighted by atomic mass is 32.2. The van der Waals surface area contributed by atoms with Crippen molar-refractivity contribution in [2.24, 2.45) is 0 Å². The van der Waals surface area contributed by atoms with Crippen LogP contribution in [0, 0.1) is 6.92 Å². The van der Waals surface area contributed by atoms with E-state index in [1.165, 1.54) is 19.3 Å². The van der Waals surface area contributed by atoms with E-state index in [0.717, 1.165) is 24.5 Å². The molecule has 2 aromatic rings. The lowest BCUT2D eigenvalue weighted by Gasteiger charge is -2.24. The summed E-state index contributed by atoms with van der Waals surface area (Å²) in [6.07, 6.45) is 7.83. The number of aromatic nitrogens is 3. The largest absolute Gasteiger partial charge is 0.355 e. The molecular weight excluding hydrogens is 284 g/mol. The zero-order valence-corrected chi connectivity index (χ0v) is 13.3. The van der Waals surface area contributed by atoms with Gasteiger partial charge in [-0.25, -0.2) is 4.98 Å². The van der Waals surface area contributed by atoms with Crippen LogP contribution in [0.3, 0.4) is 0 Å². The minimum atomic E-state index is 0.562. The molecular formula is C15H20N4OS. The van der Waals surface area contributed by atoms with E-state index >= 15 is 0 Å². The van der Waals surface area contributed by atoms with Crippen molar-refractivity contribution in [3.63, 3.8) is 0 Å². The maximum Gasteiger partial charge on any atom is 0.258 e. The molecule has 5 nitrogen and oxygen atoms in total. The van der Waals surface area contributed by atoms with Crippen LogP contribution >= 0.6 is 11.8 Å². The Morgan fingerprint density at radius 2 is 2.29 bits per heavy atom. The smallest absolute Gasteiger partial charge is 0.258 e. The SMILES string of the molecule is CSC1CCCCN(c2cc(-c3nc(C)no3)ccn2)C1. The molecule has 1 fully saturated rings. The summed E-state index contributed by atoms with van der Waals surface area (Å²) in [6, 6.07) is 3.97. The molecule has 1 aliphatic rings. The lowest BCUT2D eigenvalue weighted by molar-refractivity contribution is 0.425. The fourth-order valence-corrected chi connectivity index (χ4v) is 3.37. The standard InChI is InChI=1S/C15H20N4OS/c1-11-17-15(20-18-11)12-6-7-16-14(9-12)19-8-4-3-5-13(10-19)21-2/h6-7,9,13H,3-5,8,10H2,1-2H3. The van der Waals surface area contributed by atoms with Gasteiger partial charge in [0, 0.05) is 30.1 Å². The predicted octanol–water partition coefficient (Wildman–Crippen LogP) is 3.16. The number of thioether (sulfide) groups is 1. The van der Waals surface area contributed by atoms with Gasteiger partial charge in [-0.05, 0) is 38.2 Å². The van der Waals surface area contributed by atoms with E-state index in [1.807, 2.05) is 30.9 Å². The van der Waals surface area contributed by atoms with Crippen LogP contribution < -0.4 is 4.90 Å². The Morgan fingerprint density at radius 1 is 1.38 bits per heavy atom. The number of anilines is 1. The molecule has 112 valence electrons. The molecule has 1 saturated heterocycles. The molecule has 2 aromatic heterocycles. The maximum absolute atomic E-state index is 5.25. The predicted molar refractivity (Wildman–Crippen MR) is 85.6 cm³/mol. The van der Waals surface area contributed by atoms with Gasteiger partial charge in [-0.1, -0.05) is 11.6 Å². The molecule has 0 bridgehead atoms. The number of hydrogen-bond acceptors (Lipinski definition) is 6. The third-order valence-corrected chi connectivity index (χ3v) is 4.86. The Hall–Kier alpha value is -1.56. The van der Waals surface area contributed by atoms with Gasteiger partial charge >= 0.3 is 0 Å². The average molecular weight is 304 g/mol. The van der Waals surface area contributed by atoms with E-state index in [1.54, 1.807) is 0 Å². The van der Waals surface area contributed by atoms with Gasteiger partial charge in [-0.3, -0.25) is 0 Å². The molecule has 0 amide bonds. The Bertz CT molecular complexity index is 601. The number of rotatable bonds is 3. The van der Waals surface area contributed by atoms with E-state index < -0.39 is 0 Å². The monoisotopic (exact) mass is 304 g/mol. The van der Waals surface area contributed by atoms with Crippen molar-refractivity contribution in [2.45, 2.75) is 31.4 Å². The maximum atomic E-state index is 5.25. The van der Waals surface area contributed by atoms with Crippen molar-refractivity contribution in [3.05, 3.63) is 24.2 Å². The first-order valence-electron chi connectivity index (χ1n) is 7.31. The molecule has 21 heavy (non-hydrogen) atoms. The van der Waals surface area contributed by atoms with Gasteiger partial charge in [-0.2, -0.15) is 16.7 Å². The van der Waals surface area contributed by atoms with Gasteiger partial charge < -0.3 is 9.42 Å². The van der Waals surface area contributed by atoms with Crippen molar-refractivity contribution in [2.75, 3.05) is 24.2 Å². The first kappa shape index (κ1) is 14.4. The third-order valence-electron chi connectivity index (χ3n) is 3.81. The van der Waals surface area contributed by atoms with E-state index in [-0.39, 0.29) is 0 Å². The van der Waals surface area contributed by atoms with Crippen LogP contribution in [0.25, 0.3) is 11.5 Å². The van der Waals surface area contributed by atoms with Crippen LogP contribution in [-0.2, 0) is 0 Å². The lowest BCUT2D eigenvalue weighted by atomic mass is 10.2. The highest BCUT2D eigenvalue weighted by molar-refractivity contribution is 7.99. The van der Waals surface area contributed by atoms with Crippen molar-refractivity contribution in [3.8, 4) is 11.5 Å². The van der Waals surface area contributed by atoms with Crippen LogP contribution in [0.5, 0.6) is 0 Å². The minimum Gasteiger partial charge on any atom is -0.355 e. The molecule has 0 spiro atoms. The van der Waals surface area contributed by atoms with Gasteiger partial charge in [-0.15, -0.1) is 0 Å². The summed E-state index contributed by atoms with van der Waals surface area (Å²) < 4.78 is 5.25.